The molecular formula is C14H13FN2O5S. The average Bonchev–Trinajstić information content (AvgIpc) is 2.47. The van der Waals surface area contributed by atoms with Crippen LogP contribution in [0.5, 0.6) is 0 Å². The molecule has 7 nitrogen and oxygen atoms in total. The predicted molar refractivity (Wildman–Crippen MR) is 75.6 cm³/mol. The molecule has 2 aliphatic heterocycles. The summed E-state index contributed by atoms with van der Waals surface area (Å²) < 4.78 is 35.1. The molecule has 2 aliphatic rings. The van der Waals surface area contributed by atoms with E-state index in [9.17, 15) is 26.7 Å². The Morgan fingerprint density at radius 2 is 1.91 bits per heavy atom. The molecule has 1 aromatic rings. The topological polar surface area (TPSA) is 101 Å². The lowest BCUT2D eigenvalue weighted by molar-refractivity contribution is -0.136. The highest BCUT2D eigenvalue weighted by Crippen LogP contribution is 2.26. The van der Waals surface area contributed by atoms with Gasteiger partial charge in [-0.25, -0.2) is 0 Å². The van der Waals surface area contributed by atoms with Crippen molar-refractivity contribution in [2.45, 2.75) is 30.2 Å². The van der Waals surface area contributed by atoms with Crippen LogP contribution < -0.4 is 5.32 Å². The number of nitrogens with zero attached hydrogens (tertiary/aromatic N) is 1. The number of rotatable bonds is 2. The highest BCUT2D eigenvalue weighted by Gasteiger charge is 2.37. The Morgan fingerprint density at radius 1 is 1.17 bits per heavy atom. The van der Waals surface area contributed by atoms with Crippen LogP contribution in [0, 0.1) is 0 Å². The molecule has 0 bridgehead atoms. The van der Waals surface area contributed by atoms with Gasteiger partial charge in [0.1, 0.15) is 6.04 Å². The van der Waals surface area contributed by atoms with Crippen LogP contribution in [-0.4, -0.2) is 43.6 Å². The third-order valence-corrected chi connectivity index (χ3v) is 4.88. The van der Waals surface area contributed by atoms with Crippen molar-refractivity contribution in [3.63, 3.8) is 0 Å². The van der Waals surface area contributed by atoms with Gasteiger partial charge in [-0.3, -0.25) is 19.7 Å². The molecule has 1 saturated heterocycles. The van der Waals surface area contributed by atoms with E-state index in [2.05, 4.69) is 5.32 Å². The van der Waals surface area contributed by atoms with E-state index in [0.29, 0.717) is 12.0 Å². The van der Waals surface area contributed by atoms with Crippen molar-refractivity contribution in [3.05, 3.63) is 29.3 Å². The number of imide groups is 1. The van der Waals surface area contributed by atoms with Crippen LogP contribution in [0.15, 0.2) is 23.1 Å². The molecule has 1 aromatic carbocycles. The Labute approximate surface area is 131 Å². The molecule has 23 heavy (non-hydrogen) atoms. The van der Waals surface area contributed by atoms with Crippen molar-refractivity contribution in [1.82, 2.24) is 10.2 Å². The summed E-state index contributed by atoms with van der Waals surface area (Å²) in [6.07, 6.45) is 0.768. The summed E-state index contributed by atoms with van der Waals surface area (Å²) in [4.78, 5) is 36.4. The second kappa shape index (κ2) is 5.41. The number of amides is 3. The van der Waals surface area contributed by atoms with Crippen LogP contribution in [0.25, 0.3) is 0 Å². The molecule has 0 radical (unpaired) electrons. The van der Waals surface area contributed by atoms with Gasteiger partial charge in [-0.15, -0.1) is 3.89 Å². The lowest BCUT2D eigenvalue weighted by Crippen LogP contribution is -2.55. The monoisotopic (exact) mass is 340 g/mol. The normalized spacial score (nSPS) is 21.9. The molecule has 1 fully saturated rings. The number of carbonyl (C=O) groups excluding carboxylic acids is 3. The molecule has 9 heteroatoms. The molecule has 1 unspecified atom stereocenters. The summed E-state index contributed by atoms with van der Waals surface area (Å²) in [7, 11) is -4.91. The highest BCUT2D eigenvalue weighted by molar-refractivity contribution is 7.86. The Bertz CT molecular complexity index is 820. The first-order valence-corrected chi connectivity index (χ1v) is 8.38. The van der Waals surface area contributed by atoms with Crippen LogP contribution in [0.4, 0.5) is 3.89 Å². The quantitative estimate of drug-likeness (QED) is 0.610. The predicted octanol–water partition coefficient (Wildman–Crippen LogP) is 0.148. The molecule has 122 valence electrons. The molecule has 1 atom stereocenters. The van der Waals surface area contributed by atoms with Crippen molar-refractivity contribution in [1.29, 1.82) is 0 Å². The van der Waals surface area contributed by atoms with Gasteiger partial charge >= 0.3 is 10.2 Å². The largest absolute Gasteiger partial charge is 0.332 e. The van der Waals surface area contributed by atoms with Crippen LogP contribution in [0.1, 0.15) is 28.8 Å². The Balaban J connectivity index is 1.94. The van der Waals surface area contributed by atoms with Gasteiger partial charge in [0.25, 0.3) is 5.91 Å². The van der Waals surface area contributed by atoms with Gasteiger partial charge in [-0.2, -0.15) is 8.42 Å². The zero-order valence-electron chi connectivity index (χ0n) is 11.9. The SMILES string of the molecule is O=C1CCC(N2CCc3ccc(S(=O)(=O)F)cc3C2=O)C(=O)N1. The lowest BCUT2D eigenvalue weighted by Gasteiger charge is -2.36. The van der Waals surface area contributed by atoms with E-state index in [1.807, 2.05) is 0 Å². The van der Waals surface area contributed by atoms with Gasteiger partial charge in [0.05, 0.1) is 4.90 Å². The Morgan fingerprint density at radius 3 is 2.57 bits per heavy atom. The van der Waals surface area contributed by atoms with Gasteiger partial charge in [0.15, 0.2) is 0 Å². The first-order valence-electron chi connectivity index (χ1n) is 6.99. The molecule has 0 spiro atoms. The number of nitrogens with one attached hydrogen (secondary N) is 1. The van der Waals surface area contributed by atoms with Crippen molar-refractivity contribution in [3.8, 4) is 0 Å². The molecule has 3 rings (SSSR count). The summed E-state index contributed by atoms with van der Waals surface area (Å²) in [5.74, 6) is -1.47. The first-order chi connectivity index (χ1) is 10.8. The summed E-state index contributed by atoms with van der Waals surface area (Å²) >= 11 is 0. The minimum atomic E-state index is -4.91. The van der Waals surface area contributed by atoms with Gasteiger partial charge in [0.2, 0.25) is 11.8 Å². The highest BCUT2D eigenvalue weighted by atomic mass is 32.3. The Hall–Kier alpha value is -2.29. The van der Waals surface area contributed by atoms with Crippen LogP contribution in [0.2, 0.25) is 0 Å². The maximum atomic E-state index is 13.1. The summed E-state index contributed by atoms with van der Waals surface area (Å²) in [6, 6.07) is 2.73. The molecule has 3 amide bonds. The Kier molecular flexibility index (Phi) is 3.67. The first kappa shape index (κ1) is 15.6. The number of carbonyl (C=O) groups is 3. The van der Waals surface area contributed by atoms with E-state index in [-0.39, 0.29) is 30.9 Å². The minimum Gasteiger partial charge on any atom is -0.326 e. The van der Waals surface area contributed by atoms with Crippen LogP contribution in [0.3, 0.4) is 0 Å². The molecule has 1 N–H and O–H groups in total. The molecule has 2 heterocycles. The maximum absolute atomic E-state index is 13.1. The van der Waals surface area contributed by atoms with Crippen LogP contribution in [-0.2, 0) is 26.2 Å². The van der Waals surface area contributed by atoms with E-state index >= 15 is 0 Å². The van der Waals surface area contributed by atoms with Crippen LogP contribution >= 0.6 is 0 Å². The molecule has 0 aliphatic carbocycles. The number of hydrogen-bond donors (Lipinski definition) is 1. The standard InChI is InChI=1S/C14H13FN2O5S/c15-23(21,22)9-2-1-8-5-6-17(14(20)10(8)7-9)11-3-4-12(18)16-13(11)19/h1-2,7,11H,3-6H2,(H,16,18,19). The number of benzene rings is 1. The van der Waals surface area contributed by atoms with Gasteiger partial charge < -0.3 is 4.90 Å². The van der Waals surface area contributed by atoms with Crippen molar-refractivity contribution >= 4 is 27.9 Å². The van der Waals surface area contributed by atoms with E-state index < -0.39 is 33.0 Å². The van der Waals surface area contributed by atoms with E-state index in [1.54, 1.807) is 0 Å². The molecular weight excluding hydrogens is 327 g/mol. The van der Waals surface area contributed by atoms with Crippen molar-refractivity contribution < 1.29 is 26.7 Å². The van der Waals surface area contributed by atoms with Crippen molar-refractivity contribution in [2.24, 2.45) is 0 Å². The fraction of sp³-hybridized carbons (Fsp3) is 0.357. The van der Waals surface area contributed by atoms with Crippen molar-refractivity contribution in [2.75, 3.05) is 6.54 Å². The third kappa shape index (κ3) is 2.83. The number of hydrogen-bond acceptors (Lipinski definition) is 5. The van der Waals surface area contributed by atoms with E-state index in [1.165, 1.54) is 11.0 Å². The second-order valence-electron chi connectivity index (χ2n) is 5.47. The number of piperidine rings is 1. The van der Waals surface area contributed by atoms with Gasteiger partial charge in [-0.05, 0) is 30.5 Å². The third-order valence-electron chi connectivity index (χ3n) is 4.06. The zero-order valence-corrected chi connectivity index (χ0v) is 12.7. The summed E-state index contributed by atoms with van der Waals surface area (Å²) in [5, 5.41) is 2.18. The number of fused-ring (bicyclic) bond motifs is 1. The maximum Gasteiger partial charge on any atom is 0.332 e. The summed E-state index contributed by atoms with van der Waals surface area (Å²) in [5.41, 5.74) is 0.672. The zero-order chi connectivity index (χ0) is 16.8. The van der Waals surface area contributed by atoms with E-state index in [4.69, 9.17) is 0 Å². The second-order valence-corrected chi connectivity index (χ2v) is 6.82. The fourth-order valence-electron chi connectivity index (χ4n) is 2.90. The molecule has 0 saturated carbocycles. The fourth-order valence-corrected chi connectivity index (χ4v) is 3.39. The minimum absolute atomic E-state index is 0.0691. The van der Waals surface area contributed by atoms with Gasteiger partial charge in [-0.1, -0.05) is 6.07 Å². The molecule has 0 aromatic heterocycles. The van der Waals surface area contributed by atoms with Gasteiger partial charge in [0, 0.05) is 18.5 Å². The smallest absolute Gasteiger partial charge is 0.326 e. The lowest BCUT2D eigenvalue weighted by atomic mass is 9.95. The number of halogens is 1. The van der Waals surface area contributed by atoms with E-state index in [0.717, 1.165) is 12.1 Å². The average molecular weight is 340 g/mol. The summed E-state index contributed by atoms with van der Waals surface area (Å²) in [6.45, 7) is 0.278.